The van der Waals surface area contributed by atoms with Crippen LogP contribution < -0.4 is 4.40 Å². The third-order valence-electron chi connectivity index (χ3n) is 0.940. The Morgan fingerprint density at radius 1 is 0.667 bits per heavy atom. The third kappa shape index (κ3) is 78.6. The first-order valence-electron chi connectivity index (χ1n) is 7.55. The van der Waals surface area contributed by atoms with Crippen molar-refractivity contribution < 1.29 is 32.8 Å². The van der Waals surface area contributed by atoms with Gasteiger partial charge in [-0.3, -0.25) is 0 Å². The Kier molecular flexibility index (Phi) is 19.7. The number of halogens is 2. The molecule has 0 unspecified atom stereocenters. The fourth-order valence-electron chi connectivity index (χ4n) is 0.534. The molecule has 0 aliphatic heterocycles. The number of hydrogen-bond acceptors (Lipinski definition) is 0. The van der Waals surface area contributed by atoms with Crippen molar-refractivity contribution in [1.29, 1.82) is 0 Å². The Morgan fingerprint density at radius 2 is 0.833 bits per heavy atom. The van der Waals surface area contributed by atoms with E-state index in [1.807, 2.05) is 62.3 Å². The van der Waals surface area contributed by atoms with E-state index < -0.39 is 15.3 Å². The normalized spacial score (nSPS) is 11.0. The van der Waals surface area contributed by atoms with Crippen LogP contribution in [0.2, 0.25) is 0 Å². The number of hydrogen-bond donors (Lipinski definition) is 0. The fraction of sp³-hybridized carbons (Fsp3) is 0.706. The summed E-state index contributed by atoms with van der Waals surface area (Å²) in [6.07, 6.45) is 0. The minimum absolute atomic E-state index is 0. The summed E-state index contributed by atoms with van der Waals surface area (Å²) < 4.78 is 23.9. The van der Waals surface area contributed by atoms with E-state index in [0.29, 0.717) is 0 Å². The van der Waals surface area contributed by atoms with Crippen LogP contribution in [0, 0.1) is 0 Å². The van der Waals surface area contributed by atoms with Crippen LogP contribution in [0.1, 0.15) is 62.3 Å². The maximum absolute atomic E-state index is 11.8. The molecule has 0 saturated carbocycles. The van der Waals surface area contributed by atoms with E-state index in [2.05, 4.69) is 0 Å². The van der Waals surface area contributed by atoms with Gasteiger partial charge in [-0.05, 0) is 0 Å². The quantitative estimate of drug-likeness (QED) is 0.282. The summed E-state index contributed by atoms with van der Waals surface area (Å²) in [5, 5.41) is 0. The minimum Gasteiger partial charge on any atom is 4.00 e. The Bertz CT molecular complexity index is 318. The van der Waals surface area contributed by atoms with Crippen LogP contribution in [0.15, 0.2) is 24.3 Å². The van der Waals surface area contributed by atoms with Gasteiger partial charge in [0.05, 0.1) is 0 Å². The van der Waals surface area contributed by atoms with Gasteiger partial charge in [0.2, 0.25) is 0 Å². The van der Waals surface area contributed by atoms with Crippen LogP contribution in [0.5, 0.6) is 0 Å². The molecule has 0 amide bonds. The van der Waals surface area contributed by atoms with Gasteiger partial charge < -0.3 is 17.2 Å². The molecule has 1 aromatic rings. The van der Waals surface area contributed by atoms with E-state index >= 15 is 0 Å². The van der Waals surface area contributed by atoms with Crippen molar-refractivity contribution in [3.8, 4) is 0 Å². The molecule has 0 fully saturated rings. The molecule has 0 radical (unpaired) electrons. The number of rotatable bonds is 1. The molecule has 3 nitrogen and oxygen atoms in total. The van der Waals surface area contributed by atoms with Gasteiger partial charge in [-0.15, -0.1) is 16.6 Å². The van der Waals surface area contributed by atoms with E-state index in [1.54, 1.807) is 12.1 Å². The standard InChI is InChI=1S/C5H5F2Ge.3C4H10N.Hf/c6-8(7)5-3-1-2-4-5;3*1-4(2,3)5;/h1-4,8H;3*5H,1-3H3;/q4*-1;+4. The van der Waals surface area contributed by atoms with E-state index in [0.717, 1.165) is 0 Å². The maximum Gasteiger partial charge on any atom is 4.00 e. The van der Waals surface area contributed by atoms with Crippen molar-refractivity contribution in [2.45, 2.75) is 78.9 Å². The van der Waals surface area contributed by atoms with Gasteiger partial charge >= 0.3 is 76.8 Å². The summed E-state index contributed by atoms with van der Waals surface area (Å²) in [5.74, 6) is 0. The van der Waals surface area contributed by atoms with Crippen LogP contribution in [-0.2, 0) is 25.8 Å². The van der Waals surface area contributed by atoms with E-state index in [9.17, 15) is 7.00 Å². The van der Waals surface area contributed by atoms with E-state index in [4.69, 9.17) is 17.2 Å². The molecule has 0 atom stereocenters. The van der Waals surface area contributed by atoms with Crippen molar-refractivity contribution >= 4 is 19.7 Å². The van der Waals surface area contributed by atoms with Crippen molar-refractivity contribution in [1.82, 2.24) is 0 Å². The summed E-state index contributed by atoms with van der Waals surface area (Å²) in [7, 11) is 0. The second-order valence-corrected chi connectivity index (χ2v) is 10.9. The van der Waals surface area contributed by atoms with Crippen molar-refractivity contribution in [2.75, 3.05) is 0 Å². The third-order valence-corrected chi connectivity index (χ3v) is 2.81. The molecular formula is C17H35F2GeHfN3. The number of nitrogens with one attached hydrogen (secondary N) is 3. The van der Waals surface area contributed by atoms with Crippen molar-refractivity contribution in [3.05, 3.63) is 41.5 Å². The Hall–Kier alpha value is 0.503. The van der Waals surface area contributed by atoms with Gasteiger partial charge in [-0.1, -0.05) is 62.3 Å². The van der Waals surface area contributed by atoms with Gasteiger partial charge in [0.1, 0.15) is 0 Å². The Balaban J connectivity index is -0.000000113. The second-order valence-electron chi connectivity index (χ2n) is 8.27. The zero-order valence-corrected chi connectivity index (χ0v) is 22.7. The topological polar surface area (TPSA) is 71.4 Å². The first kappa shape index (κ1) is 32.2. The van der Waals surface area contributed by atoms with Crippen LogP contribution in [-0.4, -0.2) is 31.9 Å². The predicted octanol–water partition coefficient (Wildman–Crippen LogP) is 6.28. The monoisotopic (exact) mass is 573 g/mol. The van der Waals surface area contributed by atoms with Gasteiger partial charge in [0.15, 0.2) is 0 Å². The molecule has 140 valence electrons. The van der Waals surface area contributed by atoms with Crippen LogP contribution in [0.4, 0.5) is 7.00 Å². The summed E-state index contributed by atoms with van der Waals surface area (Å²) in [5.41, 5.74) is 20.1. The SMILES string of the molecule is CC(C)(C)[NH-].CC(C)(C)[NH-].CC(C)(C)[NH-].[F][GeH]([F])[c-]1cccc1.[Hf+4]. The van der Waals surface area contributed by atoms with Crippen LogP contribution in [0.3, 0.4) is 0 Å². The molecular weight excluding hydrogens is 535 g/mol. The van der Waals surface area contributed by atoms with Gasteiger partial charge in [0.25, 0.3) is 0 Å². The van der Waals surface area contributed by atoms with Crippen LogP contribution >= 0.6 is 0 Å². The van der Waals surface area contributed by atoms with E-state index in [-0.39, 0.29) is 46.9 Å². The molecule has 0 aromatic heterocycles. The molecule has 0 aliphatic carbocycles. The Labute approximate surface area is 172 Å². The molecule has 1 rings (SSSR count). The molecule has 1 aromatic carbocycles. The largest absolute Gasteiger partial charge is 4.00 e. The predicted molar refractivity (Wildman–Crippen MR) is 103 cm³/mol. The smallest absolute Gasteiger partial charge is 4.00 e. The summed E-state index contributed by atoms with van der Waals surface area (Å²) in [6.45, 7) is 16.7. The van der Waals surface area contributed by atoms with Gasteiger partial charge in [0, 0.05) is 0 Å². The van der Waals surface area contributed by atoms with Crippen molar-refractivity contribution in [2.24, 2.45) is 0 Å². The molecule has 24 heavy (non-hydrogen) atoms. The maximum atomic E-state index is 11.8. The van der Waals surface area contributed by atoms with E-state index in [1.165, 1.54) is 12.1 Å². The average molecular weight is 571 g/mol. The molecule has 0 saturated heterocycles. The second kappa shape index (κ2) is 14.6. The molecule has 0 spiro atoms. The molecule has 0 heterocycles. The first-order chi connectivity index (χ1) is 9.80. The first-order valence-corrected chi connectivity index (χ1v) is 10.6. The fourth-order valence-corrected chi connectivity index (χ4v) is 1.61. The summed E-state index contributed by atoms with van der Waals surface area (Å²) in [6, 6.07) is 6.27. The van der Waals surface area contributed by atoms with Crippen molar-refractivity contribution in [3.63, 3.8) is 0 Å². The van der Waals surface area contributed by atoms with Gasteiger partial charge in [-0.2, -0.15) is 0 Å². The summed E-state index contributed by atoms with van der Waals surface area (Å²) in [4.78, 5) is 0. The molecule has 7 heteroatoms. The zero-order chi connectivity index (χ0) is 19.5. The Morgan fingerprint density at radius 3 is 0.917 bits per heavy atom. The zero-order valence-electron chi connectivity index (χ0n) is 16.6. The molecule has 3 N–H and O–H groups in total. The van der Waals surface area contributed by atoms with Crippen LogP contribution in [0.25, 0.3) is 17.2 Å². The molecule has 0 bridgehead atoms. The van der Waals surface area contributed by atoms with Gasteiger partial charge in [-0.25, -0.2) is 0 Å². The molecule has 0 aliphatic rings. The summed E-state index contributed by atoms with van der Waals surface area (Å²) >= 11 is -3.89. The minimum atomic E-state index is -3.89. The average Bonchev–Trinajstić information content (AvgIpc) is 2.59.